The summed E-state index contributed by atoms with van der Waals surface area (Å²) in [4.78, 5) is 18.2. The van der Waals surface area contributed by atoms with E-state index in [4.69, 9.17) is 4.98 Å². The van der Waals surface area contributed by atoms with Crippen LogP contribution in [0.1, 0.15) is 32.6 Å². The lowest BCUT2D eigenvalue weighted by Crippen LogP contribution is -2.13. The molecule has 1 heterocycles. The van der Waals surface area contributed by atoms with Crippen molar-refractivity contribution in [1.29, 1.82) is 0 Å². The first-order valence-corrected chi connectivity index (χ1v) is 9.78. The van der Waals surface area contributed by atoms with Gasteiger partial charge in [0.2, 0.25) is 0 Å². The van der Waals surface area contributed by atoms with Gasteiger partial charge in [-0.2, -0.15) is 0 Å². The summed E-state index contributed by atoms with van der Waals surface area (Å²) in [5.74, 6) is -0.122. The van der Waals surface area contributed by atoms with E-state index in [1.165, 1.54) is 5.56 Å². The molecule has 0 saturated carbocycles. The molecule has 0 spiro atoms. The van der Waals surface area contributed by atoms with Crippen molar-refractivity contribution in [2.24, 2.45) is 0 Å². The third kappa shape index (κ3) is 3.77. The van der Waals surface area contributed by atoms with Crippen molar-refractivity contribution in [3.63, 3.8) is 0 Å². The van der Waals surface area contributed by atoms with Crippen LogP contribution >= 0.6 is 0 Å². The Bertz CT molecular complexity index is 1230. The minimum absolute atomic E-state index is 0.122. The highest BCUT2D eigenvalue weighted by Gasteiger charge is 2.16. The highest BCUT2D eigenvalue weighted by atomic mass is 16.1. The number of hydrogen-bond donors (Lipinski definition) is 1. The largest absolute Gasteiger partial charge is 0.322 e. The Kier molecular flexibility index (Phi) is 4.89. The van der Waals surface area contributed by atoms with Crippen LogP contribution in [0.4, 0.5) is 5.69 Å². The van der Waals surface area contributed by atoms with Crippen LogP contribution in [0.15, 0.2) is 66.7 Å². The second kappa shape index (κ2) is 7.51. The number of benzene rings is 3. The Hall–Kier alpha value is -3.46. The minimum Gasteiger partial charge on any atom is -0.322 e. The molecular formula is C26H24N2O. The van der Waals surface area contributed by atoms with Gasteiger partial charge in [-0.25, -0.2) is 4.98 Å². The second-order valence-corrected chi connectivity index (χ2v) is 7.65. The van der Waals surface area contributed by atoms with Gasteiger partial charge in [-0.05, 0) is 68.7 Å². The first-order chi connectivity index (χ1) is 13.9. The minimum atomic E-state index is -0.122. The van der Waals surface area contributed by atoms with Crippen LogP contribution < -0.4 is 5.32 Å². The van der Waals surface area contributed by atoms with E-state index in [1.807, 2.05) is 81.4 Å². The zero-order valence-electron chi connectivity index (χ0n) is 17.2. The van der Waals surface area contributed by atoms with E-state index in [1.54, 1.807) is 0 Å². The van der Waals surface area contributed by atoms with E-state index in [2.05, 4.69) is 18.3 Å². The molecular weight excluding hydrogens is 356 g/mol. The number of fused-ring (bicyclic) bond motifs is 1. The number of pyridine rings is 1. The van der Waals surface area contributed by atoms with Crippen LogP contribution in [0.5, 0.6) is 0 Å². The van der Waals surface area contributed by atoms with E-state index >= 15 is 0 Å². The summed E-state index contributed by atoms with van der Waals surface area (Å²) >= 11 is 0. The van der Waals surface area contributed by atoms with Crippen LogP contribution in [0, 0.1) is 27.7 Å². The summed E-state index contributed by atoms with van der Waals surface area (Å²) < 4.78 is 0. The van der Waals surface area contributed by atoms with Crippen molar-refractivity contribution in [3.05, 3.63) is 94.5 Å². The molecule has 3 aromatic carbocycles. The van der Waals surface area contributed by atoms with Gasteiger partial charge in [0, 0.05) is 16.6 Å². The molecule has 0 aliphatic heterocycles. The average molecular weight is 380 g/mol. The molecule has 3 nitrogen and oxygen atoms in total. The molecule has 0 fully saturated rings. The lowest BCUT2D eigenvalue weighted by atomic mass is 9.99. The lowest BCUT2D eigenvalue weighted by molar-refractivity contribution is 0.102. The van der Waals surface area contributed by atoms with Gasteiger partial charge in [0.1, 0.15) is 0 Å². The predicted octanol–water partition coefficient (Wildman–Crippen LogP) is 6.39. The van der Waals surface area contributed by atoms with Gasteiger partial charge < -0.3 is 5.32 Å². The fourth-order valence-electron chi connectivity index (χ4n) is 3.64. The fraction of sp³-hybridized carbons (Fsp3) is 0.154. The number of aromatic nitrogens is 1. The topological polar surface area (TPSA) is 42.0 Å². The van der Waals surface area contributed by atoms with Gasteiger partial charge in [-0.1, -0.05) is 48.0 Å². The van der Waals surface area contributed by atoms with Gasteiger partial charge in [0.05, 0.1) is 16.8 Å². The third-order valence-electron chi connectivity index (χ3n) is 5.33. The first-order valence-electron chi connectivity index (χ1n) is 9.78. The molecule has 0 aliphatic carbocycles. The maximum atomic E-state index is 13.3. The van der Waals surface area contributed by atoms with E-state index in [9.17, 15) is 4.79 Å². The van der Waals surface area contributed by atoms with Crippen LogP contribution in [0.2, 0.25) is 0 Å². The van der Waals surface area contributed by atoms with Gasteiger partial charge in [0.25, 0.3) is 5.91 Å². The zero-order valence-corrected chi connectivity index (χ0v) is 17.2. The summed E-state index contributed by atoms with van der Waals surface area (Å²) in [6.45, 7) is 8.20. The van der Waals surface area contributed by atoms with E-state index in [0.29, 0.717) is 5.56 Å². The molecule has 0 atom stereocenters. The number of hydrogen-bond acceptors (Lipinski definition) is 2. The summed E-state index contributed by atoms with van der Waals surface area (Å²) in [5, 5.41) is 3.95. The van der Waals surface area contributed by atoms with Crippen LogP contribution in [-0.2, 0) is 0 Å². The van der Waals surface area contributed by atoms with E-state index in [-0.39, 0.29) is 5.91 Å². The monoisotopic (exact) mass is 380 g/mol. The maximum absolute atomic E-state index is 13.3. The van der Waals surface area contributed by atoms with Crippen LogP contribution in [-0.4, -0.2) is 10.9 Å². The van der Waals surface area contributed by atoms with E-state index < -0.39 is 0 Å². The Morgan fingerprint density at radius 3 is 2.28 bits per heavy atom. The molecule has 29 heavy (non-hydrogen) atoms. The number of rotatable bonds is 3. The Balaban J connectivity index is 1.86. The quantitative estimate of drug-likeness (QED) is 0.447. The van der Waals surface area contributed by atoms with Crippen LogP contribution in [0.25, 0.3) is 22.2 Å². The molecule has 1 aromatic heterocycles. The van der Waals surface area contributed by atoms with Gasteiger partial charge in [-0.3, -0.25) is 4.79 Å². The number of carbonyl (C=O) groups excluding carboxylic acids is 1. The molecule has 0 saturated heterocycles. The van der Waals surface area contributed by atoms with Crippen molar-refractivity contribution >= 4 is 22.5 Å². The third-order valence-corrected chi connectivity index (χ3v) is 5.33. The second-order valence-electron chi connectivity index (χ2n) is 7.65. The normalized spacial score (nSPS) is 10.9. The molecule has 144 valence electrons. The standard InChI is InChI=1S/C26H24N2O/c1-16-12-19(4)25-22(13-16)23(15-24(28-25)20-8-6-5-7-9-20)26(29)27-21-11-10-17(2)18(3)14-21/h5-15H,1-4H3,(H,27,29). The summed E-state index contributed by atoms with van der Waals surface area (Å²) in [6.07, 6.45) is 0. The molecule has 0 unspecified atom stereocenters. The number of nitrogens with zero attached hydrogens (tertiary/aromatic N) is 1. The summed E-state index contributed by atoms with van der Waals surface area (Å²) in [7, 11) is 0. The number of anilines is 1. The number of nitrogens with one attached hydrogen (secondary N) is 1. The van der Waals surface area contributed by atoms with Crippen LogP contribution in [0.3, 0.4) is 0 Å². The molecule has 3 heteroatoms. The van der Waals surface area contributed by atoms with Gasteiger partial charge in [0.15, 0.2) is 0 Å². The lowest BCUT2D eigenvalue weighted by Gasteiger charge is -2.13. The number of aryl methyl sites for hydroxylation is 4. The van der Waals surface area contributed by atoms with Crippen molar-refractivity contribution in [3.8, 4) is 11.3 Å². The Morgan fingerprint density at radius 2 is 1.55 bits per heavy atom. The first kappa shape index (κ1) is 18.9. The molecule has 1 amide bonds. The number of amides is 1. The van der Waals surface area contributed by atoms with Gasteiger partial charge >= 0.3 is 0 Å². The van der Waals surface area contributed by atoms with Crippen molar-refractivity contribution < 1.29 is 4.79 Å². The highest BCUT2D eigenvalue weighted by molar-refractivity contribution is 6.13. The SMILES string of the molecule is Cc1cc(C)c2nc(-c3ccccc3)cc(C(=O)Nc3ccc(C)c(C)c3)c2c1. The number of carbonyl (C=O) groups is 1. The smallest absolute Gasteiger partial charge is 0.256 e. The van der Waals surface area contributed by atoms with Crippen molar-refractivity contribution in [2.45, 2.75) is 27.7 Å². The Labute approximate surface area is 171 Å². The zero-order chi connectivity index (χ0) is 20.5. The molecule has 0 aliphatic rings. The maximum Gasteiger partial charge on any atom is 0.256 e. The fourth-order valence-corrected chi connectivity index (χ4v) is 3.64. The average Bonchev–Trinajstić information content (AvgIpc) is 2.70. The molecule has 4 rings (SSSR count). The molecule has 4 aromatic rings. The van der Waals surface area contributed by atoms with Crippen molar-refractivity contribution in [1.82, 2.24) is 4.98 Å². The summed E-state index contributed by atoms with van der Waals surface area (Å²) in [6, 6.07) is 22.0. The molecule has 0 radical (unpaired) electrons. The Morgan fingerprint density at radius 1 is 0.793 bits per heavy atom. The summed E-state index contributed by atoms with van der Waals surface area (Å²) in [5.41, 5.74) is 8.64. The molecule has 0 bridgehead atoms. The predicted molar refractivity (Wildman–Crippen MR) is 121 cm³/mol. The van der Waals surface area contributed by atoms with Crippen molar-refractivity contribution in [2.75, 3.05) is 5.32 Å². The highest BCUT2D eigenvalue weighted by Crippen LogP contribution is 2.28. The molecule has 1 N–H and O–H groups in total. The van der Waals surface area contributed by atoms with Gasteiger partial charge in [-0.15, -0.1) is 0 Å². The van der Waals surface area contributed by atoms with E-state index in [0.717, 1.165) is 44.5 Å².